The normalized spacial score (nSPS) is 12.9. The number of amides is 1. The summed E-state index contributed by atoms with van der Waals surface area (Å²) in [4.78, 5) is 11.5. The molecule has 1 aromatic heterocycles. The summed E-state index contributed by atoms with van der Waals surface area (Å²) in [6.07, 6.45) is 1.97. The number of rotatable bonds is 4. The number of aryl methyl sites for hydroxylation is 1. The summed E-state index contributed by atoms with van der Waals surface area (Å²) in [6, 6.07) is 3.97. The first-order valence-corrected chi connectivity index (χ1v) is 5.96. The standard InChI is InChI=1S/C11H17BrN2O/c1-8(2)10(12)11(15)13-7-9-5-4-6-14(9)3/h4-6,8,10H,7H2,1-3H3,(H,13,15). The molecule has 0 spiro atoms. The van der Waals surface area contributed by atoms with E-state index in [1.165, 1.54) is 0 Å². The van der Waals surface area contributed by atoms with Crippen LogP contribution < -0.4 is 5.32 Å². The van der Waals surface area contributed by atoms with Crippen LogP contribution in [-0.4, -0.2) is 15.3 Å². The van der Waals surface area contributed by atoms with Crippen molar-refractivity contribution in [2.45, 2.75) is 25.2 Å². The predicted octanol–water partition coefficient (Wildman–Crippen LogP) is 2.06. The molecule has 0 radical (unpaired) electrons. The molecule has 1 atom stereocenters. The van der Waals surface area contributed by atoms with Gasteiger partial charge >= 0.3 is 0 Å². The van der Waals surface area contributed by atoms with Gasteiger partial charge in [0, 0.05) is 18.9 Å². The van der Waals surface area contributed by atoms with Crippen molar-refractivity contribution in [3.8, 4) is 0 Å². The molecule has 0 bridgehead atoms. The Morgan fingerprint density at radius 1 is 1.60 bits per heavy atom. The van der Waals surface area contributed by atoms with E-state index in [4.69, 9.17) is 0 Å². The van der Waals surface area contributed by atoms with E-state index in [1.54, 1.807) is 0 Å². The first kappa shape index (κ1) is 12.3. The summed E-state index contributed by atoms with van der Waals surface area (Å²) in [7, 11) is 1.97. The highest BCUT2D eigenvalue weighted by Gasteiger charge is 2.17. The minimum atomic E-state index is -0.113. The molecule has 1 amide bonds. The summed E-state index contributed by atoms with van der Waals surface area (Å²) in [6.45, 7) is 4.61. The molecule has 0 aromatic carbocycles. The molecule has 1 rings (SSSR count). The Morgan fingerprint density at radius 2 is 2.27 bits per heavy atom. The van der Waals surface area contributed by atoms with Crippen LogP contribution in [0.5, 0.6) is 0 Å². The number of carbonyl (C=O) groups is 1. The van der Waals surface area contributed by atoms with Gasteiger partial charge in [0.15, 0.2) is 0 Å². The maximum absolute atomic E-state index is 11.6. The molecule has 15 heavy (non-hydrogen) atoms. The van der Waals surface area contributed by atoms with Gasteiger partial charge in [-0.3, -0.25) is 4.79 Å². The van der Waals surface area contributed by atoms with Gasteiger partial charge in [-0.25, -0.2) is 0 Å². The zero-order valence-electron chi connectivity index (χ0n) is 9.33. The van der Waals surface area contributed by atoms with Gasteiger partial charge in [-0.15, -0.1) is 0 Å². The summed E-state index contributed by atoms with van der Waals surface area (Å²) >= 11 is 3.37. The Kier molecular flexibility index (Phi) is 4.39. The van der Waals surface area contributed by atoms with Crippen molar-refractivity contribution in [3.63, 3.8) is 0 Å². The number of nitrogens with zero attached hydrogens (tertiary/aromatic N) is 1. The van der Waals surface area contributed by atoms with Gasteiger partial charge in [0.1, 0.15) is 0 Å². The molecule has 3 nitrogen and oxygen atoms in total. The molecular weight excluding hydrogens is 256 g/mol. The van der Waals surface area contributed by atoms with E-state index in [9.17, 15) is 4.79 Å². The topological polar surface area (TPSA) is 34.0 Å². The van der Waals surface area contributed by atoms with Crippen LogP contribution in [0.15, 0.2) is 18.3 Å². The fourth-order valence-electron chi connectivity index (χ4n) is 1.26. The third-order valence-electron chi connectivity index (χ3n) is 2.33. The van der Waals surface area contributed by atoms with Crippen LogP contribution in [0.3, 0.4) is 0 Å². The Morgan fingerprint density at radius 3 is 2.73 bits per heavy atom. The van der Waals surface area contributed by atoms with Gasteiger partial charge in [0.05, 0.1) is 11.4 Å². The van der Waals surface area contributed by atoms with E-state index in [0.717, 1.165) is 5.69 Å². The third-order valence-corrected chi connectivity index (χ3v) is 3.80. The smallest absolute Gasteiger partial charge is 0.234 e. The number of hydrogen-bond acceptors (Lipinski definition) is 1. The van der Waals surface area contributed by atoms with E-state index in [2.05, 4.69) is 21.2 Å². The van der Waals surface area contributed by atoms with Crippen LogP contribution >= 0.6 is 15.9 Å². The SMILES string of the molecule is CC(C)C(Br)C(=O)NCc1cccn1C. The molecule has 0 saturated carbocycles. The van der Waals surface area contributed by atoms with E-state index in [0.29, 0.717) is 12.5 Å². The number of hydrogen-bond donors (Lipinski definition) is 1. The lowest BCUT2D eigenvalue weighted by Crippen LogP contribution is -2.33. The molecule has 0 aliphatic heterocycles. The molecule has 4 heteroatoms. The highest BCUT2D eigenvalue weighted by molar-refractivity contribution is 9.10. The van der Waals surface area contributed by atoms with Crippen LogP contribution in [0.1, 0.15) is 19.5 Å². The molecule has 1 N–H and O–H groups in total. The number of alkyl halides is 1. The molecule has 84 valence electrons. The Balaban J connectivity index is 2.44. The van der Waals surface area contributed by atoms with E-state index in [-0.39, 0.29) is 10.7 Å². The van der Waals surface area contributed by atoms with Crippen molar-refractivity contribution in [2.24, 2.45) is 13.0 Å². The second-order valence-corrected chi connectivity index (χ2v) is 4.96. The number of halogens is 1. The summed E-state index contributed by atoms with van der Waals surface area (Å²) < 4.78 is 2.00. The van der Waals surface area contributed by atoms with Gasteiger partial charge in [-0.2, -0.15) is 0 Å². The third kappa shape index (κ3) is 3.38. The average molecular weight is 273 g/mol. The van der Waals surface area contributed by atoms with Gasteiger partial charge in [0.2, 0.25) is 5.91 Å². The summed E-state index contributed by atoms with van der Waals surface area (Å²) in [5.41, 5.74) is 1.10. The monoisotopic (exact) mass is 272 g/mol. The van der Waals surface area contributed by atoms with Gasteiger partial charge in [-0.05, 0) is 18.1 Å². The van der Waals surface area contributed by atoms with Crippen LogP contribution in [-0.2, 0) is 18.4 Å². The first-order valence-electron chi connectivity index (χ1n) is 5.04. The number of aromatic nitrogens is 1. The van der Waals surface area contributed by atoms with E-state index < -0.39 is 0 Å². The molecule has 0 aliphatic rings. The van der Waals surface area contributed by atoms with Crippen LogP contribution in [0.25, 0.3) is 0 Å². The highest BCUT2D eigenvalue weighted by Crippen LogP contribution is 2.11. The molecular formula is C11H17BrN2O. The van der Waals surface area contributed by atoms with Crippen molar-refractivity contribution in [2.75, 3.05) is 0 Å². The minimum Gasteiger partial charge on any atom is -0.353 e. The van der Waals surface area contributed by atoms with Gasteiger partial charge < -0.3 is 9.88 Å². The lowest BCUT2D eigenvalue weighted by atomic mass is 10.1. The lowest BCUT2D eigenvalue weighted by molar-refractivity contribution is -0.121. The second kappa shape index (κ2) is 5.35. The number of carbonyl (C=O) groups excluding carboxylic acids is 1. The molecule has 0 saturated heterocycles. The van der Waals surface area contributed by atoms with Crippen molar-refractivity contribution >= 4 is 21.8 Å². The molecule has 1 heterocycles. The lowest BCUT2D eigenvalue weighted by Gasteiger charge is -2.13. The molecule has 1 aromatic rings. The Labute approximate surface area is 99.0 Å². The molecule has 0 aliphatic carbocycles. The van der Waals surface area contributed by atoms with Crippen molar-refractivity contribution in [3.05, 3.63) is 24.0 Å². The van der Waals surface area contributed by atoms with Crippen LogP contribution in [0, 0.1) is 5.92 Å². The maximum Gasteiger partial charge on any atom is 0.234 e. The number of nitrogens with one attached hydrogen (secondary N) is 1. The van der Waals surface area contributed by atoms with E-state index in [1.807, 2.05) is 43.8 Å². The fourth-order valence-corrected chi connectivity index (χ4v) is 1.42. The summed E-state index contributed by atoms with van der Waals surface area (Å²) in [5, 5.41) is 2.90. The fraction of sp³-hybridized carbons (Fsp3) is 0.545. The maximum atomic E-state index is 11.6. The largest absolute Gasteiger partial charge is 0.353 e. The van der Waals surface area contributed by atoms with Crippen molar-refractivity contribution in [1.82, 2.24) is 9.88 Å². The van der Waals surface area contributed by atoms with Crippen LogP contribution in [0.4, 0.5) is 0 Å². The Bertz CT molecular complexity index is 333. The van der Waals surface area contributed by atoms with Crippen molar-refractivity contribution < 1.29 is 4.79 Å². The molecule has 1 unspecified atom stereocenters. The second-order valence-electron chi connectivity index (χ2n) is 3.97. The van der Waals surface area contributed by atoms with Gasteiger partial charge in [-0.1, -0.05) is 29.8 Å². The van der Waals surface area contributed by atoms with Crippen LogP contribution in [0.2, 0.25) is 0 Å². The Hall–Kier alpha value is -0.770. The van der Waals surface area contributed by atoms with E-state index >= 15 is 0 Å². The predicted molar refractivity (Wildman–Crippen MR) is 64.8 cm³/mol. The zero-order valence-corrected chi connectivity index (χ0v) is 10.9. The molecule has 0 fully saturated rings. The highest BCUT2D eigenvalue weighted by atomic mass is 79.9. The summed E-state index contributed by atoms with van der Waals surface area (Å²) in [5.74, 6) is 0.351. The minimum absolute atomic E-state index is 0.0474. The average Bonchev–Trinajstić information content (AvgIpc) is 2.59. The zero-order chi connectivity index (χ0) is 11.4. The van der Waals surface area contributed by atoms with Gasteiger partial charge in [0.25, 0.3) is 0 Å². The first-order chi connectivity index (χ1) is 7.02. The quantitative estimate of drug-likeness (QED) is 0.837. The van der Waals surface area contributed by atoms with Crippen molar-refractivity contribution in [1.29, 1.82) is 0 Å².